The van der Waals surface area contributed by atoms with Gasteiger partial charge in [0, 0.05) is 29.5 Å². The number of aromatic nitrogens is 2. The van der Waals surface area contributed by atoms with Crippen LogP contribution in [0.4, 0.5) is 18.9 Å². The van der Waals surface area contributed by atoms with E-state index in [0.717, 1.165) is 12.1 Å². The summed E-state index contributed by atoms with van der Waals surface area (Å²) >= 11 is 1.49. The number of carbonyl (C=O) groups is 1. The maximum atomic E-state index is 13.3. The molecule has 1 aromatic heterocycles. The summed E-state index contributed by atoms with van der Waals surface area (Å²) in [6.07, 6.45) is -2.83. The number of thioether (sulfide) groups is 1. The first kappa shape index (κ1) is 22.4. The maximum absolute atomic E-state index is 13.3. The van der Waals surface area contributed by atoms with Gasteiger partial charge in [0.25, 0.3) is 5.56 Å². The van der Waals surface area contributed by atoms with Crippen LogP contribution < -0.4 is 10.5 Å². The fourth-order valence-electron chi connectivity index (χ4n) is 3.77. The van der Waals surface area contributed by atoms with E-state index in [9.17, 15) is 22.8 Å². The zero-order valence-electron chi connectivity index (χ0n) is 17.4. The second kappa shape index (κ2) is 8.97. The lowest BCUT2D eigenvalue weighted by Crippen LogP contribution is -2.32. The van der Waals surface area contributed by atoms with Crippen molar-refractivity contribution in [3.05, 3.63) is 64.2 Å². The molecule has 1 aliphatic heterocycles. The largest absolute Gasteiger partial charge is 0.416 e. The summed E-state index contributed by atoms with van der Waals surface area (Å²) in [7, 11) is 0. The van der Waals surface area contributed by atoms with Gasteiger partial charge in [0.1, 0.15) is 5.82 Å². The van der Waals surface area contributed by atoms with Crippen LogP contribution >= 0.6 is 11.8 Å². The molecule has 1 unspecified atom stereocenters. The third-order valence-electron chi connectivity index (χ3n) is 5.43. The predicted molar refractivity (Wildman–Crippen MR) is 119 cm³/mol. The quantitative estimate of drug-likeness (QED) is 0.581. The molecule has 3 aromatic rings. The van der Waals surface area contributed by atoms with Crippen molar-refractivity contribution in [2.45, 2.75) is 48.9 Å². The number of nitrogens with zero attached hydrogens (tertiary/aromatic N) is 2. The number of hydrogen-bond acceptors (Lipinski definition) is 4. The van der Waals surface area contributed by atoms with Crippen LogP contribution in [-0.2, 0) is 17.4 Å². The first-order chi connectivity index (χ1) is 15.2. The standard InChI is InChI=1S/C23H22F3N3O2S/c1-14-11-12-29(18-13-15(23(24,25)26)9-10-19(18)32-14)21(30)8-4-7-20-27-17-6-3-2-5-16(17)22(31)28-20/h2-3,5-6,9-10,13-14H,4,7-8,11-12H2,1H3,(H,27,28,31). The van der Waals surface area contributed by atoms with Gasteiger partial charge in [-0.3, -0.25) is 9.59 Å². The average Bonchev–Trinajstić information content (AvgIpc) is 2.90. The zero-order chi connectivity index (χ0) is 22.9. The fraction of sp³-hybridized carbons (Fsp3) is 0.348. The van der Waals surface area contributed by atoms with E-state index in [-0.39, 0.29) is 23.1 Å². The number of rotatable bonds is 4. The summed E-state index contributed by atoms with van der Waals surface area (Å²) in [5.41, 5.74) is -0.0904. The molecule has 1 N–H and O–H groups in total. The van der Waals surface area contributed by atoms with Crippen molar-refractivity contribution in [3.63, 3.8) is 0 Å². The number of aryl methyl sites for hydroxylation is 1. The molecule has 0 aliphatic carbocycles. The Morgan fingerprint density at radius 3 is 2.81 bits per heavy atom. The number of para-hydroxylation sites is 1. The van der Waals surface area contributed by atoms with Gasteiger partial charge in [-0.2, -0.15) is 13.2 Å². The first-order valence-corrected chi connectivity index (χ1v) is 11.3. The lowest BCUT2D eigenvalue weighted by Gasteiger charge is -2.23. The summed E-state index contributed by atoms with van der Waals surface area (Å²) in [4.78, 5) is 34.5. The molecule has 0 fully saturated rings. The molecule has 0 saturated heterocycles. The van der Waals surface area contributed by atoms with Gasteiger partial charge < -0.3 is 9.88 Å². The van der Waals surface area contributed by atoms with E-state index in [1.54, 1.807) is 24.3 Å². The van der Waals surface area contributed by atoms with E-state index < -0.39 is 11.7 Å². The van der Waals surface area contributed by atoms with Crippen molar-refractivity contribution < 1.29 is 18.0 Å². The van der Waals surface area contributed by atoms with Crippen LogP contribution in [0, 0.1) is 0 Å². The summed E-state index contributed by atoms with van der Waals surface area (Å²) in [5, 5.41) is 0.691. The number of amides is 1. The number of alkyl halides is 3. The molecule has 32 heavy (non-hydrogen) atoms. The highest BCUT2D eigenvalue weighted by molar-refractivity contribution is 8.00. The van der Waals surface area contributed by atoms with Crippen LogP contribution in [0.2, 0.25) is 0 Å². The maximum Gasteiger partial charge on any atom is 0.416 e. The molecule has 5 nitrogen and oxygen atoms in total. The number of benzene rings is 2. The number of hydrogen-bond donors (Lipinski definition) is 1. The SMILES string of the molecule is CC1CCN(C(=O)CCCc2nc3ccccc3c(=O)[nH]2)c2cc(C(F)(F)F)ccc2S1. The van der Waals surface area contributed by atoms with Crippen molar-refractivity contribution in [1.29, 1.82) is 0 Å². The Kier molecular flexibility index (Phi) is 6.28. The smallest absolute Gasteiger partial charge is 0.311 e. The van der Waals surface area contributed by atoms with Gasteiger partial charge in [0.15, 0.2) is 0 Å². The Morgan fingerprint density at radius 1 is 1.25 bits per heavy atom. The number of halogens is 3. The van der Waals surface area contributed by atoms with Gasteiger partial charge >= 0.3 is 6.18 Å². The van der Waals surface area contributed by atoms with Crippen molar-refractivity contribution in [3.8, 4) is 0 Å². The minimum absolute atomic E-state index is 0.144. The number of aromatic amines is 1. The summed E-state index contributed by atoms with van der Waals surface area (Å²) in [5.74, 6) is 0.254. The van der Waals surface area contributed by atoms with Crippen LogP contribution in [0.3, 0.4) is 0 Å². The zero-order valence-corrected chi connectivity index (χ0v) is 18.2. The topological polar surface area (TPSA) is 66.1 Å². The van der Waals surface area contributed by atoms with Crippen LogP contribution in [-0.4, -0.2) is 27.7 Å². The lowest BCUT2D eigenvalue weighted by molar-refractivity contribution is -0.137. The number of anilines is 1. The van der Waals surface area contributed by atoms with Gasteiger partial charge in [0.05, 0.1) is 22.2 Å². The highest BCUT2D eigenvalue weighted by Gasteiger charge is 2.33. The van der Waals surface area contributed by atoms with Crippen LogP contribution in [0.5, 0.6) is 0 Å². The highest BCUT2D eigenvalue weighted by atomic mass is 32.2. The monoisotopic (exact) mass is 461 g/mol. The van der Waals surface area contributed by atoms with E-state index >= 15 is 0 Å². The molecule has 1 amide bonds. The average molecular weight is 462 g/mol. The van der Waals surface area contributed by atoms with Gasteiger partial charge in [-0.1, -0.05) is 19.1 Å². The minimum Gasteiger partial charge on any atom is -0.311 e. The van der Waals surface area contributed by atoms with Gasteiger partial charge in [0.2, 0.25) is 5.91 Å². The molecule has 4 rings (SSSR count). The lowest BCUT2D eigenvalue weighted by atomic mass is 10.1. The molecule has 0 spiro atoms. The van der Waals surface area contributed by atoms with E-state index in [0.29, 0.717) is 53.1 Å². The van der Waals surface area contributed by atoms with E-state index in [1.165, 1.54) is 22.7 Å². The van der Waals surface area contributed by atoms with E-state index in [4.69, 9.17) is 0 Å². The van der Waals surface area contributed by atoms with Crippen molar-refractivity contribution in [1.82, 2.24) is 9.97 Å². The second-order valence-electron chi connectivity index (χ2n) is 7.83. The third-order valence-corrected chi connectivity index (χ3v) is 6.67. The van der Waals surface area contributed by atoms with Crippen LogP contribution in [0.15, 0.2) is 52.2 Å². The summed E-state index contributed by atoms with van der Waals surface area (Å²) in [6.45, 7) is 2.37. The first-order valence-electron chi connectivity index (χ1n) is 10.4. The molecule has 168 valence electrons. The molecule has 0 saturated carbocycles. The molecule has 2 aromatic carbocycles. The van der Waals surface area contributed by atoms with Crippen molar-refractivity contribution >= 4 is 34.3 Å². The van der Waals surface area contributed by atoms with Gasteiger partial charge in [-0.05, 0) is 43.2 Å². The summed E-state index contributed by atoms with van der Waals surface area (Å²) in [6, 6.07) is 10.6. The number of H-pyrrole nitrogens is 1. The second-order valence-corrected chi connectivity index (χ2v) is 9.31. The Hall–Kier alpha value is -2.81. The van der Waals surface area contributed by atoms with Crippen LogP contribution in [0.1, 0.15) is 37.6 Å². The highest BCUT2D eigenvalue weighted by Crippen LogP contribution is 2.41. The molecular formula is C23H22F3N3O2S. The van der Waals surface area contributed by atoms with Gasteiger partial charge in [-0.15, -0.1) is 11.8 Å². The number of carbonyl (C=O) groups excluding carboxylic acids is 1. The Labute approximate surface area is 187 Å². The van der Waals surface area contributed by atoms with E-state index in [2.05, 4.69) is 9.97 Å². The third kappa shape index (κ3) is 4.82. The Bertz CT molecular complexity index is 1210. The number of fused-ring (bicyclic) bond motifs is 2. The number of nitrogens with one attached hydrogen (secondary N) is 1. The normalized spacial score (nSPS) is 16.6. The molecule has 2 heterocycles. The fourth-order valence-corrected chi connectivity index (χ4v) is 4.86. The molecule has 1 atom stereocenters. The predicted octanol–water partition coefficient (Wildman–Crippen LogP) is 5.18. The molecule has 0 radical (unpaired) electrons. The molecule has 1 aliphatic rings. The Balaban J connectivity index is 1.50. The summed E-state index contributed by atoms with van der Waals surface area (Å²) < 4.78 is 39.8. The molecule has 9 heteroatoms. The van der Waals surface area contributed by atoms with Crippen molar-refractivity contribution in [2.24, 2.45) is 0 Å². The van der Waals surface area contributed by atoms with E-state index in [1.807, 2.05) is 6.92 Å². The van der Waals surface area contributed by atoms with Crippen LogP contribution in [0.25, 0.3) is 10.9 Å². The molecular weight excluding hydrogens is 439 g/mol. The minimum atomic E-state index is -4.47. The van der Waals surface area contributed by atoms with Gasteiger partial charge in [-0.25, -0.2) is 4.98 Å². The Morgan fingerprint density at radius 2 is 2.03 bits per heavy atom. The molecule has 0 bridgehead atoms. The van der Waals surface area contributed by atoms with Crippen molar-refractivity contribution in [2.75, 3.05) is 11.4 Å².